The van der Waals surface area contributed by atoms with Gasteiger partial charge in [0.1, 0.15) is 0 Å². The Labute approximate surface area is 70.3 Å². The summed E-state index contributed by atoms with van der Waals surface area (Å²) in [5, 5.41) is 10.4. The summed E-state index contributed by atoms with van der Waals surface area (Å²) in [7, 11) is 0. The number of rotatable bonds is 2. The van der Waals surface area contributed by atoms with Gasteiger partial charge in [-0.05, 0) is 12.8 Å². The zero-order valence-electron chi connectivity index (χ0n) is 6.79. The normalized spacial score (nSPS) is 18.3. The summed E-state index contributed by atoms with van der Waals surface area (Å²) < 4.78 is 4.99. The molecule has 1 aromatic heterocycles. The molecule has 0 bridgehead atoms. The predicted molar refractivity (Wildman–Crippen MR) is 44.6 cm³/mol. The highest BCUT2D eigenvalue weighted by Crippen LogP contribution is 2.21. The molecular weight excluding hydrogens is 156 g/mol. The zero-order valence-corrected chi connectivity index (χ0v) is 6.79. The smallest absolute Gasteiger partial charge is 0.317 e. The number of aromatic nitrogens is 2. The second-order valence-corrected chi connectivity index (χ2v) is 3.07. The number of nitrogens with one attached hydrogen (secondary N) is 1. The number of nitrogens with two attached hydrogens (primary N) is 1. The van der Waals surface area contributed by atoms with Crippen molar-refractivity contribution in [1.82, 2.24) is 10.2 Å². The van der Waals surface area contributed by atoms with Crippen LogP contribution in [0.25, 0.3) is 0 Å². The van der Waals surface area contributed by atoms with Crippen LogP contribution in [0.5, 0.6) is 0 Å². The Bertz CT molecular complexity index is 254. The van der Waals surface area contributed by atoms with Crippen molar-refractivity contribution in [3.63, 3.8) is 0 Å². The van der Waals surface area contributed by atoms with Crippen LogP contribution >= 0.6 is 0 Å². The molecule has 1 fully saturated rings. The van der Waals surface area contributed by atoms with Crippen LogP contribution in [0.1, 0.15) is 25.7 Å². The fraction of sp³-hybridized carbons (Fsp3) is 0.714. The number of anilines is 2. The summed E-state index contributed by atoms with van der Waals surface area (Å²) in [5.41, 5.74) is 5.27. The maximum absolute atomic E-state index is 5.27. The molecule has 1 saturated carbocycles. The van der Waals surface area contributed by atoms with E-state index in [0.717, 1.165) is 0 Å². The number of hydrogen-bond acceptors (Lipinski definition) is 5. The molecule has 0 aromatic carbocycles. The maximum atomic E-state index is 5.27. The standard InChI is InChI=1S/C7H12N4O/c8-6-10-11-7(12-6)9-5-3-1-2-4-5/h5H,1-4H2,(H2,8,10)(H,9,11). The van der Waals surface area contributed by atoms with E-state index in [1.54, 1.807) is 0 Å². The summed E-state index contributed by atoms with van der Waals surface area (Å²) in [5.74, 6) is 0. The van der Waals surface area contributed by atoms with E-state index in [9.17, 15) is 0 Å². The molecule has 5 heteroatoms. The molecule has 0 radical (unpaired) electrons. The molecule has 5 nitrogen and oxygen atoms in total. The lowest BCUT2D eigenvalue weighted by Gasteiger charge is -2.07. The van der Waals surface area contributed by atoms with E-state index in [1.807, 2.05) is 0 Å². The van der Waals surface area contributed by atoms with E-state index in [2.05, 4.69) is 15.5 Å². The lowest BCUT2D eigenvalue weighted by Crippen LogP contribution is -2.14. The van der Waals surface area contributed by atoms with Gasteiger partial charge in [0.15, 0.2) is 0 Å². The minimum absolute atomic E-state index is 0.121. The van der Waals surface area contributed by atoms with Crippen LogP contribution in [0.15, 0.2) is 4.42 Å². The van der Waals surface area contributed by atoms with Crippen LogP contribution in [0.3, 0.4) is 0 Å². The molecule has 1 heterocycles. The largest absolute Gasteiger partial charge is 0.390 e. The number of nitrogen functional groups attached to an aromatic ring is 1. The summed E-state index contributed by atoms with van der Waals surface area (Å²) in [6.07, 6.45) is 4.92. The third-order valence-electron chi connectivity index (χ3n) is 2.12. The first-order chi connectivity index (χ1) is 5.84. The zero-order chi connectivity index (χ0) is 8.39. The molecule has 12 heavy (non-hydrogen) atoms. The van der Waals surface area contributed by atoms with Crippen molar-refractivity contribution in [3.05, 3.63) is 0 Å². The highest BCUT2D eigenvalue weighted by Gasteiger charge is 2.16. The van der Waals surface area contributed by atoms with E-state index in [1.165, 1.54) is 25.7 Å². The molecule has 0 aliphatic heterocycles. The van der Waals surface area contributed by atoms with Gasteiger partial charge in [0, 0.05) is 6.04 Å². The van der Waals surface area contributed by atoms with Crippen LogP contribution < -0.4 is 11.1 Å². The average Bonchev–Trinajstić information content (AvgIpc) is 2.63. The molecule has 2 rings (SSSR count). The molecule has 1 aliphatic carbocycles. The molecule has 1 aliphatic rings. The molecule has 0 saturated heterocycles. The Balaban J connectivity index is 1.94. The number of nitrogens with zero attached hydrogens (tertiary/aromatic N) is 2. The van der Waals surface area contributed by atoms with Gasteiger partial charge >= 0.3 is 12.0 Å². The Morgan fingerprint density at radius 3 is 2.67 bits per heavy atom. The molecule has 0 amide bonds. The van der Waals surface area contributed by atoms with Gasteiger partial charge in [0.2, 0.25) is 0 Å². The third-order valence-corrected chi connectivity index (χ3v) is 2.12. The van der Waals surface area contributed by atoms with E-state index < -0.39 is 0 Å². The van der Waals surface area contributed by atoms with Crippen LogP contribution in [-0.4, -0.2) is 16.2 Å². The van der Waals surface area contributed by atoms with Crippen LogP contribution in [0.2, 0.25) is 0 Å². The highest BCUT2D eigenvalue weighted by atomic mass is 16.4. The topological polar surface area (TPSA) is 77.0 Å². The van der Waals surface area contributed by atoms with Crippen molar-refractivity contribution in [1.29, 1.82) is 0 Å². The second-order valence-electron chi connectivity index (χ2n) is 3.07. The first-order valence-electron chi connectivity index (χ1n) is 4.20. The Kier molecular flexibility index (Phi) is 1.85. The second kappa shape index (κ2) is 3.00. The molecule has 0 atom stereocenters. The van der Waals surface area contributed by atoms with Gasteiger partial charge in [0.05, 0.1) is 0 Å². The molecule has 0 unspecified atom stereocenters. The summed E-state index contributed by atoms with van der Waals surface area (Å²) in [4.78, 5) is 0. The Morgan fingerprint density at radius 1 is 1.33 bits per heavy atom. The van der Waals surface area contributed by atoms with Gasteiger partial charge in [-0.25, -0.2) is 0 Å². The minimum Gasteiger partial charge on any atom is -0.390 e. The van der Waals surface area contributed by atoms with Crippen molar-refractivity contribution >= 4 is 12.0 Å². The lowest BCUT2D eigenvalue weighted by molar-refractivity contribution is 0.571. The molecular formula is C7H12N4O. The van der Waals surface area contributed by atoms with Gasteiger partial charge in [-0.1, -0.05) is 23.0 Å². The van der Waals surface area contributed by atoms with Gasteiger partial charge in [-0.2, -0.15) is 0 Å². The van der Waals surface area contributed by atoms with E-state index in [4.69, 9.17) is 10.2 Å². The predicted octanol–water partition coefficient (Wildman–Crippen LogP) is 1.01. The maximum Gasteiger partial charge on any atom is 0.317 e. The quantitative estimate of drug-likeness (QED) is 0.689. The van der Waals surface area contributed by atoms with Gasteiger partial charge < -0.3 is 15.5 Å². The number of hydrogen-bond donors (Lipinski definition) is 2. The van der Waals surface area contributed by atoms with Crippen molar-refractivity contribution in [2.75, 3.05) is 11.1 Å². The summed E-state index contributed by atoms with van der Waals surface area (Å²) in [6.45, 7) is 0. The van der Waals surface area contributed by atoms with Crippen LogP contribution in [-0.2, 0) is 0 Å². The van der Waals surface area contributed by atoms with Gasteiger partial charge in [-0.15, -0.1) is 0 Å². The first kappa shape index (κ1) is 7.39. The molecule has 0 spiro atoms. The van der Waals surface area contributed by atoms with Gasteiger partial charge in [-0.3, -0.25) is 0 Å². The van der Waals surface area contributed by atoms with Crippen LogP contribution in [0.4, 0.5) is 12.0 Å². The fourth-order valence-electron chi connectivity index (χ4n) is 1.54. The molecule has 1 aromatic rings. The highest BCUT2D eigenvalue weighted by molar-refractivity contribution is 5.24. The fourth-order valence-corrected chi connectivity index (χ4v) is 1.54. The van der Waals surface area contributed by atoms with Crippen molar-refractivity contribution < 1.29 is 4.42 Å². The van der Waals surface area contributed by atoms with E-state index >= 15 is 0 Å². The Hall–Kier alpha value is -1.26. The van der Waals surface area contributed by atoms with Gasteiger partial charge in [0.25, 0.3) is 0 Å². The summed E-state index contributed by atoms with van der Waals surface area (Å²) >= 11 is 0. The van der Waals surface area contributed by atoms with E-state index in [0.29, 0.717) is 12.1 Å². The lowest BCUT2D eigenvalue weighted by atomic mass is 10.3. The van der Waals surface area contributed by atoms with Crippen molar-refractivity contribution in [2.24, 2.45) is 0 Å². The monoisotopic (exact) mass is 168 g/mol. The van der Waals surface area contributed by atoms with E-state index in [-0.39, 0.29) is 6.01 Å². The van der Waals surface area contributed by atoms with Crippen LogP contribution in [0, 0.1) is 0 Å². The van der Waals surface area contributed by atoms with Crippen molar-refractivity contribution in [2.45, 2.75) is 31.7 Å². The minimum atomic E-state index is 0.121. The Morgan fingerprint density at radius 2 is 2.08 bits per heavy atom. The first-order valence-corrected chi connectivity index (χ1v) is 4.20. The van der Waals surface area contributed by atoms with Crippen molar-refractivity contribution in [3.8, 4) is 0 Å². The molecule has 66 valence electrons. The SMILES string of the molecule is Nc1nnc(NC2CCCC2)o1. The molecule has 3 N–H and O–H groups in total. The average molecular weight is 168 g/mol. The summed E-state index contributed by atoms with van der Waals surface area (Å²) in [6, 6.07) is 1.06. The third kappa shape index (κ3) is 1.49.